The van der Waals surface area contributed by atoms with E-state index in [4.69, 9.17) is 14.8 Å². The Hall–Kier alpha value is -4.38. The van der Waals surface area contributed by atoms with E-state index < -0.39 is 17.6 Å². The van der Waals surface area contributed by atoms with Gasteiger partial charge >= 0.3 is 0 Å². The zero-order valence-corrected chi connectivity index (χ0v) is 26.1. The van der Waals surface area contributed by atoms with Crippen molar-refractivity contribution in [2.24, 2.45) is 0 Å². The van der Waals surface area contributed by atoms with E-state index in [2.05, 4.69) is 28.7 Å². The molecule has 7 rings (SSSR count). The van der Waals surface area contributed by atoms with Gasteiger partial charge in [0.05, 0.1) is 34.9 Å². The monoisotopic (exact) mass is 613 g/mol. The van der Waals surface area contributed by atoms with Gasteiger partial charge in [0.2, 0.25) is 5.88 Å². The zero-order chi connectivity index (χ0) is 31.6. The number of hydrogen-bond donors (Lipinski definition) is 1. The molecule has 11 heteroatoms. The second-order valence-corrected chi connectivity index (χ2v) is 12.6. The SMILES string of the molecule is C=C(F)C(=O)N1CCC(n2ncc3c(OCC4CCCN4C)nc4c(F)c(-c5c(C)c(C)cc6[nH]ncc56)c(C)cc4c32)CC1. The van der Waals surface area contributed by atoms with E-state index in [9.17, 15) is 9.18 Å². The van der Waals surface area contributed by atoms with Gasteiger partial charge in [0.1, 0.15) is 12.1 Å². The molecule has 2 saturated heterocycles. The van der Waals surface area contributed by atoms with Gasteiger partial charge in [0, 0.05) is 35.5 Å². The number of halogens is 2. The fourth-order valence-corrected chi connectivity index (χ4v) is 7.20. The van der Waals surface area contributed by atoms with Crippen LogP contribution in [0.4, 0.5) is 8.78 Å². The van der Waals surface area contributed by atoms with Crippen LogP contribution in [-0.2, 0) is 4.79 Å². The highest BCUT2D eigenvalue weighted by Crippen LogP contribution is 2.42. The molecule has 2 aromatic carbocycles. The molecule has 5 aromatic rings. The number of likely N-dealkylation sites (N-methyl/N-ethyl adjacent to an activating group) is 1. The number of nitrogens with zero attached hydrogens (tertiary/aromatic N) is 6. The molecule has 0 spiro atoms. The maximum Gasteiger partial charge on any atom is 0.281 e. The minimum atomic E-state index is -0.956. The standard InChI is InChI=1S/C34H37F2N7O2/c1-18-14-27-25(15-37-40-27)29(20(18)3)28-19(2)13-24-31(30(28)36)39-33(45-17-23-7-6-10-41(23)5)26-16-38-43(32(24)26)22-8-11-42(12-9-22)34(44)21(4)35/h13-16,22-23H,4,6-12,17H2,1-3,5H3,(H,37,40). The maximum absolute atomic E-state index is 17.1. The molecule has 234 valence electrons. The summed E-state index contributed by atoms with van der Waals surface area (Å²) in [7, 11) is 2.09. The molecule has 0 bridgehead atoms. The molecule has 5 heterocycles. The Balaban J connectivity index is 1.40. The van der Waals surface area contributed by atoms with Crippen LogP contribution in [0.3, 0.4) is 0 Å². The predicted octanol–water partition coefficient (Wildman–Crippen LogP) is 6.31. The van der Waals surface area contributed by atoms with Crippen molar-refractivity contribution in [2.75, 3.05) is 33.3 Å². The van der Waals surface area contributed by atoms with E-state index in [-0.39, 0.29) is 17.6 Å². The fraction of sp³-hybridized carbons (Fsp3) is 0.412. The van der Waals surface area contributed by atoms with Crippen LogP contribution in [-0.4, -0.2) is 80.0 Å². The van der Waals surface area contributed by atoms with Crippen molar-refractivity contribution >= 4 is 38.6 Å². The molecule has 1 N–H and O–H groups in total. The summed E-state index contributed by atoms with van der Waals surface area (Å²) in [5.41, 5.74) is 5.90. The summed E-state index contributed by atoms with van der Waals surface area (Å²) in [6.45, 7) is 11.3. The summed E-state index contributed by atoms with van der Waals surface area (Å²) in [6.07, 6.45) is 6.77. The van der Waals surface area contributed by atoms with E-state index in [1.807, 2.05) is 37.6 Å². The molecule has 2 aliphatic rings. The molecular formula is C34H37F2N7O2. The third-order valence-corrected chi connectivity index (χ3v) is 9.86. The minimum absolute atomic E-state index is 0.0774. The van der Waals surface area contributed by atoms with Crippen LogP contribution in [0.1, 0.15) is 48.4 Å². The molecule has 0 saturated carbocycles. The molecule has 45 heavy (non-hydrogen) atoms. The molecule has 0 radical (unpaired) electrons. The van der Waals surface area contributed by atoms with Crippen LogP contribution in [0.2, 0.25) is 0 Å². The summed E-state index contributed by atoms with van der Waals surface area (Å²) < 4.78 is 39.0. The Bertz CT molecular complexity index is 1990. The van der Waals surface area contributed by atoms with Crippen molar-refractivity contribution in [1.82, 2.24) is 34.8 Å². The molecule has 9 nitrogen and oxygen atoms in total. The number of nitrogens with one attached hydrogen (secondary N) is 1. The summed E-state index contributed by atoms with van der Waals surface area (Å²) in [5, 5.41) is 14.3. The second-order valence-electron chi connectivity index (χ2n) is 12.6. The lowest BCUT2D eigenvalue weighted by atomic mass is 9.89. The molecule has 2 fully saturated rings. The van der Waals surface area contributed by atoms with E-state index in [1.165, 1.54) is 4.90 Å². The van der Waals surface area contributed by atoms with Crippen LogP contribution in [0.15, 0.2) is 36.9 Å². The average molecular weight is 614 g/mol. The van der Waals surface area contributed by atoms with Gasteiger partial charge in [-0.05, 0) is 94.4 Å². The number of likely N-dealkylation sites (tertiary alicyclic amines) is 2. The topological polar surface area (TPSA) is 92.2 Å². The lowest BCUT2D eigenvalue weighted by Crippen LogP contribution is -2.39. The number of ether oxygens (including phenoxy) is 1. The van der Waals surface area contributed by atoms with Crippen LogP contribution in [0, 0.1) is 26.6 Å². The maximum atomic E-state index is 17.1. The number of amides is 1. The molecule has 3 aromatic heterocycles. The van der Waals surface area contributed by atoms with E-state index in [0.29, 0.717) is 54.8 Å². The number of rotatable bonds is 6. The highest BCUT2D eigenvalue weighted by molar-refractivity contribution is 6.09. The number of carbonyl (C=O) groups is 1. The summed E-state index contributed by atoms with van der Waals surface area (Å²) in [4.78, 5) is 20.8. The Morgan fingerprint density at radius 2 is 1.82 bits per heavy atom. The summed E-state index contributed by atoms with van der Waals surface area (Å²) in [6, 6.07) is 4.20. The van der Waals surface area contributed by atoms with Crippen LogP contribution in [0.25, 0.3) is 43.8 Å². The number of aromatic nitrogens is 5. The number of fused-ring (bicyclic) bond motifs is 4. The first kappa shape index (κ1) is 29.3. The normalized spacial score (nSPS) is 18.1. The van der Waals surface area contributed by atoms with E-state index in [1.54, 1.807) is 12.4 Å². The molecule has 0 aliphatic carbocycles. The van der Waals surface area contributed by atoms with E-state index >= 15 is 4.39 Å². The van der Waals surface area contributed by atoms with Crippen molar-refractivity contribution < 1.29 is 18.3 Å². The van der Waals surface area contributed by atoms with Crippen molar-refractivity contribution in [2.45, 2.75) is 58.5 Å². The number of pyridine rings is 1. The highest BCUT2D eigenvalue weighted by atomic mass is 19.1. The van der Waals surface area contributed by atoms with Crippen LogP contribution < -0.4 is 4.74 Å². The van der Waals surface area contributed by atoms with Crippen molar-refractivity contribution in [3.05, 3.63) is 59.4 Å². The molecular weight excluding hydrogens is 576 g/mol. The van der Waals surface area contributed by atoms with Crippen molar-refractivity contribution in [3.8, 4) is 17.0 Å². The number of H-pyrrole nitrogens is 1. The fourth-order valence-electron chi connectivity index (χ4n) is 7.20. The van der Waals surface area contributed by atoms with Crippen LogP contribution >= 0.6 is 0 Å². The van der Waals surface area contributed by atoms with E-state index in [0.717, 1.165) is 58.1 Å². The number of piperidine rings is 1. The first-order chi connectivity index (χ1) is 21.6. The average Bonchev–Trinajstić information content (AvgIpc) is 3.78. The summed E-state index contributed by atoms with van der Waals surface area (Å²) >= 11 is 0. The van der Waals surface area contributed by atoms with Gasteiger partial charge in [-0.3, -0.25) is 14.6 Å². The third-order valence-electron chi connectivity index (χ3n) is 9.86. The molecule has 1 atom stereocenters. The van der Waals surface area contributed by atoms with Gasteiger partial charge in [-0.2, -0.15) is 10.2 Å². The Kier molecular flexibility index (Phi) is 7.31. The quantitative estimate of drug-likeness (QED) is 0.226. The smallest absolute Gasteiger partial charge is 0.281 e. The zero-order valence-electron chi connectivity index (χ0n) is 26.1. The lowest BCUT2D eigenvalue weighted by Gasteiger charge is -2.32. The number of hydrogen-bond acceptors (Lipinski definition) is 6. The van der Waals surface area contributed by atoms with Crippen LogP contribution in [0.5, 0.6) is 5.88 Å². The molecule has 2 aliphatic heterocycles. The number of carbonyl (C=O) groups excluding carboxylic acids is 1. The number of benzene rings is 2. The van der Waals surface area contributed by atoms with Gasteiger partial charge in [-0.25, -0.2) is 13.8 Å². The van der Waals surface area contributed by atoms with Crippen molar-refractivity contribution in [3.63, 3.8) is 0 Å². The van der Waals surface area contributed by atoms with Gasteiger partial charge in [0.15, 0.2) is 11.6 Å². The highest BCUT2D eigenvalue weighted by Gasteiger charge is 2.30. The second kappa shape index (κ2) is 11.2. The first-order valence-electron chi connectivity index (χ1n) is 15.5. The lowest BCUT2D eigenvalue weighted by molar-refractivity contribution is -0.129. The van der Waals surface area contributed by atoms with Gasteiger partial charge in [-0.15, -0.1) is 0 Å². The minimum Gasteiger partial charge on any atom is -0.475 e. The first-order valence-corrected chi connectivity index (χ1v) is 15.5. The predicted molar refractivity (Wildman–Crippen MR) is 171 cm³/mol. The Morgan fingerprint density at radius 3 is 2.53 bits per heavy atom. The third kappa shape index (κ3) is 4.84. The number of aromatic amines is 1. The van der Waals surface area contributed by atoms with Crippen molar-refractivity contribution in [1.29, 1.82) is 0 Å². The van der Waals surface area contributed by atoms with Gasteiger partial charge in [0.25, 0.3) is 5.91 Å². The Morgan fingerprint density at radius 1 is 1.04 bits per heavy atom. The Labute approximate surface area is 259 Å². The largest absolute Gasteiger partial charge is 0.475 e. The molecule has 1 unspecified atom stereocenters. The molecule has 1 amide bonds. The van der Waals surface area contributed by atoms with Gasteiger partial charge < -0.3 is 14.5 Å². The summed E-state index contributed by atoms with van der Waals surface area (Å²) in [5.74, 6) is -1.69. The van der Waals surface area contributed by atoms with Gasteiger partial charge in [-0.1, -0.05) is 6.58 Å². The number of aryl methyl sites for hydroxylation is 2.